The van der Waals surface area contributed by atoms with E-state index in [1.165, 1.54) is 18.2 Å². The minimum absolute atomic E-state index is 0.0338. The van der Waals surface area contributed by atoms with Crippen molar-refractivity contribution in [1.82, 2.24) is 4.98 Å². The Hall–Kier alpha value is -1.97. The van der Waals surface area contributed by atoms with Crippen molar-refractivity contribution < 1.29 is 14.3 Å². The van der Waals surface area contributed by atoms with Gasteiger partial charge in [-0.15, -0.1) is 0 Å². The lowest BCUT2D eigenvalue weighted by Crippen LogP contribution is -2.00. The average molecular weight is 205 g/mol. The Labute approximate surface area is 85.2 Å². The quantitative estimate of drug-likeness (QED) is 0.777. The standard InChI is InChI=1S/C11H8FNO2/c1-6-4-10-7(5-8(6)12)2-3-9(13-10)11(14)15/h2-5H,1H3,(H,14,15). The Bertz CT molecular complexity index is 552. The second-order valence-electron chi connectivity index (χ2n) is 3.30. The molecule has 0 saturated heterocycles. The van der Waals surface area contributed by atoms with Crippen LogP contribution in [0.25, 0.3) is 10.9 Å². The van der Waals surface area contributed by atoms with Gasteiger partial charge in [0, 0.05) is 5.39 Å². The van der Waals surface area contributed by atoms with Gasteiger partial charge >= 0.3 is 5.97 Å². The lowest BCUT2D eigenvalue weighted by atomic mass is 10.1. The number of halogens is 1. The predicted octanol–water partition coefficient (Wildman–Crippen LogP) is 2.38. The van der Waals surface area contributed by atoms with Crippen molar-refractivity contribution in [3.05, 3.63) is 41.3 Å². The van der Waals surface area contributed by atoms with Gasteiger partial charge in [0.05, 0.1) is 5.52 Å². The SMILES string of the molecule is Cc1cc2nc(C(=O)O)ccc2cc1F. The predicted molar refractivity (Wildman–Crippen MR) is 53.4 cm³/mol. The van der Waals surface area contributed by atoms with Crippen LogP contribution in [0.2, 0.25) is 0 Å². The van der Waals surface area contributed by atoms with Crippen LogP contribution < -0.4 is 0 Å². The van der Waals surface area contributed by atoms with E-state index in [1.807, 2.05) is 0 Å². The van der Waals surface area contributed by atoms with Gasteiger partial charge in [-0.25, -0.2) is 14.2 Å². The maximum atomic E-state index is 13.2. The van der Waals surface area contributed by atoms with E-state index < -0.39 is 5.97 Å². The van der Waals surface area contributed by atoms with E-state index in [1.54, 1.807) is 13.0 Å². The molecule has 0 spiro atoms. The number of rotatable bonds is 1. The first-order valence-electron chi connectivity index (χ1n) is 4.38. The zero-order valence-corrected chi connectivity index (χ0v) is 7.99. The molecule has 4 heteroatoms. The molecule has 0 saturated carbocycles. The van der Waals surface area contributed by atoms with E-state index in [0.717, 1.165) is 0 Å². The molecule has 0 bridgehead atoms. The number of carbonyl (C=O) groups is 1. The number of pyridine rings is 1. The van der Waals surface area contributed by atoms with Crippen LogP contribution in [-0.2, 0) is 0 Å². The number of hydrogen-bond donors (Lipinski definition) is 1. The zero-order chi connectivity index (χ0) is 11.0. The molecule has 0 fully saturated rings. The molecular weight excluding hydrogens is 197 g/mol. The number of aromatic carboxylic acids is 1. The number of carboxylic acids is 1. The van der Waals surface area contributed by atoms with Gasteiger partial charge in [-0.3, -0.25) is 0 Å². The molecule has 3 nitrogen and oxygen atoms in total. The fourth-order valence-corrected chi connectivity index (χ4v) is 1.37. The van der Waals surface area contributed by atoms with E-state index >= 15 is 0 Å². The number of aromatic nitrogens is 1. The molecule has 0 radical (unpaired) electrons. The summed E-state index contributed by atoms with van der Waals surface area (Å²) in [4.78, 5) is 14.6. The third kappa shape index (κ3) is 1.66. The van der Waals surface area contributed by atoms with Gasteiger partial charge in [-0.05, 0) is 30.7 Å². The van der Waals surface area contributed by atoms with Gasteiger partial charge in [0.1, 0.15) is 11.5 Å². The molecule has 0 aliphatic heterocycles. The highest BCUT2D eigenvalue weighted by molar-refractivity contribution is 5.89. The van der Waals surface area contributed by atoms with Gasteiger partial charge in [-0.1, -0.05) is 6.07 Å². The second kappa shape index (κ2) is 3.31. The van der Waals surface area contributed by atoms with Crippen LogP contribution in [-0.4, -0.2) is 16.1 Å². The maximum Gasteiger partial charge on any atom is 0.354 e. The number of nitrogens with zero attached hydrogens (tertiary/aromatic N) is 1. The van der Waals surface area contributed by atoms with Crippen molar-refractivity contribution in [1.29, 1.82) is 0 Å². The Morgan fingerprint density at radius 2 is 2.13 bits per heavy atom. The van der Waals surface area contributed by atoms with Crippen molar-refractivity contribution in [2.75, 3.05) is 0 Å². The summed E-state index contributed by atoms with van der Waals surface area (Å²) in [5, 5.41) is 9.33. The molecule has 0 aliphatic rings. The van der Waals surface area contributed by atoms with Gasteiger partial charge in [-0.2, -0.15) is 0 Å². The van der Waals surface area contributed by atoms with Crippen LogP contribution in [0.4, 0.5) is 4.39 Å². The molecule has 0 atom stereocenters. The smallest absolute Gasteiger partial charge is 0.354 e. The Morgan fingerprint density at radius 1 is 1.40 bits per heavy atom. The van der Waals surface area contributed by atoms with Crippen molar-refractivity contribution in [3.8, 4) is 0 Å². The van der Waals surface area contributed by atoms with Gasteiger partial charge in [0.15, 0.2) is 0 Å². The lowest BCUT2D eigenvalue weighted by molar-refractivity contribution is 0.0691. The molecule has 0 amide bonds. The van der Waals surface area contributed by atoms with Crippen LogP contribution in [0.15, 0.2) is 24.3 Å². The van der Waals surface area contributed by atoms with Crippen LogP contribution >= 0.6 is 0 Å². The number of carboxylic acid groups (broad SMARTS) is 1. The first-order valence-corrected chi connectivity index (χ1v) is 4.38. The van der Waals surface area contributed by atoms with Crippen LogP contribution in [0.1, 0.15) is 16.1 Å². The second-order valence-corrected chi connectivity index (χ2v) is 3.30. The minimum Gasteiger partial charge on any atom is -0.477 e. The summed E-state index contributed by atoms with van der Waals surface area (Å²) in [6, 6.07) is 5.80. The Morgan fingerprint density at radius 3 is 2.80 bits per heavy atom. The summed E-state index contributed by atoms with van der Waals surface area (Å²) in [6.45, 7) is 1.61. The van der Waals surface area contributed by atoms with Crippen LogP contribution in [0.3, 0.4) is 0 Å². The first-order chi connectivity index (χ1) is 7.08. The normalized spacial score (nSPS) is 10.5. The number of hydrogen-bond acceptors (Lipinski definition) is 2. The molecule has 1 N–H and O–H groups in total. The average Bonchev–Trinajstić information content (AvgIpc) is 2.19. The fraction of sp³-hybridized carbons (Fsp3) is 0.0909. The van der Waals surface area contributed by atoms with Crippen LogP contribution in [0.5, 0.6) is 0 Å². The third-order valence-electron chi connectivity index (χ3n) is 2.19. The fourth-order valence-electron chi connectivity index (χ4n) is 1.37. The molecule has 1 aromatic heterocycles. The summed E-state index contributed by atoms with van der Waals surface area (Å²) >= 11 is 0. The largest absolute Gasteiger partial charge is 0.477 e. The van der Waals surface area contributed by atoms with Crippen molar-refractivity contribution in [2.24, 2.45) is 0 Å². The van der Waals surface area contributed by atoms with Crippen molar-refractivity contribution in [2.45, 2.75) is 6.92 Å². The first kappa shape index (κ1) is 9.58. The molecule has 0 unspecified atom stereocenters. The summed E-state index contributed by atoms with van der Waals surface area (Å²) in [5.74, 6) is -1.40. The molecule has 2 aromatic rings. The highest BCUT2D eigenvalue weighted by Crippen LogP contribution is 2.17. The highest BCUT2D eigenvalue weighted by atomic mass is 19.1. The molecule has 1 aromatic carbocycles. The molecule has 2 rings (SSSR count). The van der Waals surface area contributed by atoms with E-state index in [4.69, 9.17) is 5.11 Å². The topological polar surface area (TPSA) is 50.2 Å². The molecular formula is C11H8FNO2. The number of fused-ring (bicyclic) bond motifs is 1. The van der Waals surface area contributed by atoms with E-state index in [-0.39, 0.29) is 11.5 Å². The molecule has 15 heavy (non-hydrogen) atoms. The lowest BCUT2D eigenvalue weighted by Gasteiger charge is -2.01. The van der Waals surface area contributed by atoms with Gasteiger partial charge in [0.25, 0.3) is 0 Å². The Kier molecular flexibility index (Phi) is 2.11. The van der Waals surface area contributed by atoms with Crippen LogP contribution in [0, 0.1) is 12.7 Å². The van der Waals surface area contributed by atoms with E-state index in [0.29, 0.717) is 16.5 Å². The van der Waals surface area contributed by atoms with Gasteiger partial charge < -0.3 is 5.11 Å². The number of aryl methyl sites for hydroxylation is 1. The Balaban J connectivity index is 2.72. The highest BCUT2D eigenvalue weighted by Gasteiger charge is 2.07. The monoisotopic (exact) mass is 205 g/mol. The third-order valence-corrected chi connectivity index (χ3v) is 2.19. The molecule has 76 valence electrons. The summed E-state index contributed by atoms with van der Waals surface area (Å²) < 4.78 is 13.2. The minimum atomic E-state index is -1.08. The molecule has 0 aliphatic carbocycles. The van der Waals surface area contributed by atoms with Crippen molar-refractivity contribution in [3.63, 3.8) is 0 Å². The van der Waals surface area contributed by atoms with E-state index in [2.05, 4.69) is 4.98 Å². The number of benzene rings is 1. The summed E-state index contributed by atoms with van der Waals surface area (Å²) in [7, 11) is 0. The van der Waals surface area contributed by atoms with Gasteiger partial charge in [0.2, 0.25) is 0 Å². The van der Waals surface area contributed by atoms with E-state index in [9.17, 15) is 9.18 Å². The summed E-state index contributed by atoms with van der Waals surface area (Å²) in [5.41, 5.74) is 0.917. The van der Waals surface area contributed by atoms with Crippen molar-refractivity contribution >= 4 is 16.9 Å². The summed E-state index contributed by atoms with van der Waals surface area (Å²) in [6.07, 6.45) is 0. The maximum absolute atomic E-state index is 13.2. The zero-order valence-electron chi connectivity index (χ0n) is 7.99. The molecule has 1 heterocycles.